The summed E-state index contributed by atoms with van der Waals surface area (Å²) >= 11 is 0. The smallest absolute Gasteiger partial charge is 0.253 e. The van der Waals surface area contributed by atoms with E-state index in [4.69, 9.17) is 4.74 Å². The average Bonchev–Trinajstić information content (AvgIpc) is 2.74. The van der Waals surface area contributed by atoms with Crippen LogP contribution in [0.15, 0.2) is 60.7 Å². The van der Waals surface area contributed by atoms with Gasteiger partial charge in [0, 0.05) is 38.3 Å². The topological polar surface area (TPSA) is 53.0 Å². The van der Waals surface area contributed by atoms with Crippen molar-refractivity contribution in [3.8, 4) is 0 Å². The Hall–Kier alpha value is -2.21. The number of carbonyl (C=O) groups excluding carboxylic acids is 1. The summed E-state index contributed by atoms with van der Waals surface area (Å²) in [7, 11) is 0. The molecule has 0 radical (unpaired) electrons. The Morgan fingerprint density at radius 2 is 1.79 bits per heavy atom. The number of amides is 1. The zero-order valence-electron chi connectivity index (χ0n) is 17.4. The number of rotatable bonds is 8. The van der Waals surface area contributed by atoms with E-state index < -0.39 is 6.10 Å². The lowest BCUT2D eigenvalue weighted by molar-refractivity contribution is -0.0514. The van der Waals surface area contributed by atoms with Gasteiger partial charge in [-0.25, -0.2) is 0 Å². The molecular formula is C24H32N2O3. The molecule has 1 aliphatic rings. The van der Waals surface area contributed by atoms with E-state index in [2.05, 4.69) is 18.7 Å². The normalized spacial score (nSPS) is 18.6. The van der Waals surface area contributed by atoms with E-state index in [9.17, 15) is 9.90 Å². The van der Waals surface area contributed by atoms with Crippen LogP contribution in [0, 0.1) is 5.92 Å². The van der Waals surface area contributed by atoms with Crippen molar-refractivity contribution in [1.82, 2.24) is 9.80 Å². The number of β-amino-alcohol motifs (C(OH)–C–C–N with tert-alkyl or cyclic N) is 1. The van der Waals surface area contributed by atoms with Gasteiger partial charge in [0.25, 0.3) is 5.91 Å². The molecule has 1 heterocycles. The summed E-state index contributed by atoms with van der Waals surface area (Å²) in [5.74, 6) is 0.423. The van der Waals surface area contributed by atoms with Crippen molar-refractivity contribution in [3.05, 3.63) is 71.8 Å². The van der Waals surface area contributed by atoms with Crippen molar-refractivity contribution >= 4 is 5.91 Å². The summed E-state index contributed by atoms with van der Waals surface area (Å²) in [5, 5.41) is 10.5. The number of nitrogens with zero attached hydrogens (tertiary/aromatic N) is 2. The molecule has 5 nitrogen and oxygen atoms in total. The fraction of sp³-hybridized carbons (Fsp3) is 0.458. The molecule has 1 amide bonds. The van der Waals surface area contributed by atoms with Crippen LogP contribution in [0.2, 0.25) is 0 Å². The second-order valence-electron chi connectivity index (χ2n) is 8.15. The van der Waals surface area contributed by atoms with Gasteiger partial charge < -0.3 is 14.7 Å². The molecule has 156 valence electrons. The predicted octanol–water partition coefficient (Wildman–Crippen LogP) is 3.22. The first-order chi connectivity index (χ1) is 14.0. The molecule has 2 atom stereocenters. The van der Waals surface area contributed by atoms with Crippen molar-refractivity contribution in [1.29, 1.82) is 0 Å². The molecule has 0 saturated carbocycles. The molecule has 5 heteroatoms. The molecular weight excluding hydrogens is 364 g/mol. The third-order valence-corrected chi connectivity index (χ3v) is 5.16. The minimum absolute atomic E-state index is 0.0457. The van der Waals surface area contributed by atoms with Gasteiger partial charge in [-0.1, -0.05) is 62.4 Å². The average molecular weight is 397 g/mol. The fourth-order valence-corrected chi connectivity index (χ4v) is 3.77. The third-order valence-electron chi connectivity index (χ3n) is 5.16. The Balaban J connectivity index is 1.61. The van der Waals surface area contributed by atoms with E-state index in [0.29, 0.717) is 44.3 Å². The van der Waals surface area contributed by atoms with Gasteiger partial charge in [0.05, 0.1) is 18.8 Å². The van der Waals surface area contributed by atoms with Gasteiger partial charge in [-0.15, -0.1) is 0 Å². The molecule has 0 bridgehead atoms. The molecule has 1 aliphatic heterocycles. The van der Waals surface area contributed by atoms with Crippen LogP contribution in [-0.4, -0.2) is 66.2 Å². The Morgan fingerprint density at radius 3 is 2.45 bits per heavy atom. The molecule has 0 aromatic heterocycles. The highest BCUT2D eigenvalue weighted by atomic mass is 16.5. The van der Waals surface area contributed by atoms with E-state index in [1.165, 1.54) is 0 Å². The van der Waals surface area contributed by atoms with Gasteiger partial charge in [-0.2, -0.15) is 0 Å². The van der Waals surface area contributed by atoms with Crippen LogP contribution < -0.4 is 0 Å². The maximum atomic E-state index is 13.0. The third kappa shape index (κ3) is 6.39. The maximum absolute atomic E-state index is 13.0. The Kier molecular flexibility index (Phi) is 7.81. The molecule has 1 fully saturated rings. The summed E-state index contributed by atoms with van der Waals surface area (Å²) in [4.78, 5) is 17.1. The lowest BCUT2D eigenvalue weighted by Gasteiger charge is -2.37. The Morgan fingerprint density at radius 1 is 1.14 bits per heavy atom. The van der Waals surface area contributed by atoms with Crippen molar-refractivity contribution in [2.24, 2.45) is 5.92 Å². The highest BCUT2D eigenvalue weighted by Crippen LogP contribution is 2.17. The quantitative estimate of drug-likeness (QED) is 0.744. The summed E-state index contributed by atoms with van der Waals surface area (Å²) in [5.41, 5.74) is 1.64. The number of benzene rings is 2. The summed E-state index contributed by atoms with van der Waals surface area (Å²) in [6.07, 6.45) is -0.578. The number of hydrogen-bond acceptors (Lipinski definition) is 4. The first kappa shape index (κ1) is 21.5. The van der Waals surface area contributed by atoms with E-state index in [-0.39, 0.29) is 12.0 Å². The molecule has 2 unspecified atom stereocenters. The van der Waals surface area contributed by atoms with Crippen LogP contribution in [-0.2, 0) is 4.74 Å². The lowest BCUT2D eigenvalue weighted by atomic mass is 10.1. The van der Waals surface area contributed by atoms with Crippen LogP contribution >= 0.6 is 0 Å². The van der Waals surface area contributed by atoms with Crippen LogP contribution in [0.1, 0.15) is 35.9 Å². The lowest BCUT2D eigenvalue weighted by Crippen LogP contribution is -2.50. The van der Waals surface area contributed by atoms with E-state index in [1.807, 2.05) is 65.6 Å². The first-order valence-corrected chi connectivity index (χ1v) is 10.4. The van der Waals surface area contributed by atoms with Gasteiger partial charge in [-0.3, -0.25) is 9.69 Å². The van der Waals surface area contributed by atoms with Gasteiger partial charge in [0.2, 0.25) is 0 Å². The molecule has 1 saturated heterocycles. The van der Waals surface area contributed by atoms with Crippen LogP contribution in [0.5, 0.6) is 0 Å². The summed E-state index contributed by atoms with van der Waals surface area (Å²) < 4.78 is 5.98. The Bertz CT molecular complexity index is 751. The highest BCUT2D eigenvalue weighted by molar-refractivity contribution is 5.94. The van der Waals surface area contributed by atoms with Gasteiger partial charge in [0.1, 0.15) is 0 Å². The minimum atomic E-state index is -0.521. The molecule has 29 heavy (non-hydrogen) atoms. The van der Waals surface area contributed by atoms with Crippen molar-refractivity contribution in [2.75, 3.05) is 39.3 Å². The van der Waals surface area contributed by atoms with Crippen LogP contribution in [0.3, 0.4) is 0 Å². The predicted molar refractivity (Wildman–Crippen MR) is 115 cm³/mol. The number of ether oxygens (including phenoxy) is 1. The molecule has 3 rings (SSSR count). The molecule has 2 aromatic carbocycles. The molecule has 0 spiro atoms. The zero-order valence-corrected chi connectivity index (χ0v) is 17.4. The maximum Gasteiger partial charge on any atom is 0.253 e. The van der Waals surface area contributed by atoms with E-state index in [1.54, 1.807) is 0 Å². The van der Waals surface area contributed by atoms with Crippen molar-refractivity contribution < 1.29 is 14.6 Å². The molecule has 0 aliphatic carbocycles. The number of carbonyl (C=O) groups is 1. The monoisotopic (exact) mass is 396 g/mol. The fourth-order valence-electron chi connectivity index (χ4n) is 3.77. The zero-order chi connectivity index (χ0) is 20.6. The van der Waals surface area contributed by atoms with Gasteiger partial charge >= 0.3 is 0 Å². The summed E-state index contributed by atoms with van der Waals surface area (Å²) in [6, 6.07) is 19.2. The number of aliphatic hydroxyl groups excluding tert-OH is 1. The van der Waals surface area contributed by atoms with E-state index in [0.717, 1.165) is 12.1 Å². The Labute approximate surface area is 173 Å². The van der Waals surface area contributed by atoms with Gasteiger partial charge in [0.15, 0.2) is 0 Å². The number of morpholine rings is 1. The molecule has 1 N–H and O–H groups in total. The number of aliphatic hydroxyl groups is 1. The van der Waals surface area contributed by atoms with Gasteiger partial charge in [-0.05, 0) is 23.6 Å². The minimum Gasteiger partial charge on any atom is -0.387 e. The SMILES string of the molecule is CC(C)CN(CC1CN(CC(O)c2ccccc2)CCO1)C(=O)c1ccccc1. The van der Waals surface area contributed by atoms with Crippen LogP contribution in [0.4, 0.5) is 0 Å². The van der Waals surface area contributed by atoms with Crippen molar-refractivity contribution in [2.45, 2.75) is 26.1 Å². The van der Waals surface area contributed by atoms with E-state index >= 15 is 0 Å². The first-order valence-electron chi connectivity index (χ1n) is 10.4. The second-order valence-corrected chi connectivity index (χ2v) is 8.15. The molecule has 2 aromatic rings. The highest BCUT2D eigenvalue weighted by Gasteiger charge is 2.27. The van der Waals surface area contributed by atoms with Crippen molar-refractivity contribution in [3.63, 3.8) is 0 Å². The standard InChI is InChI=1S/C24H32N2O3/c1-19(2)15-26(24(28)21-11-7-4-8-12-21)17-22-16-25(13-14-29-22)18-23(27)20-9-5-3-6-10-20/h3-12,19,22-23,27H,13-18H2,1-2H3. The van der Waals surface area contributed by atoms with Crippen LogP contribution in [0.25, 0.3) is 0 Å². The number of hydrogen-bond donors (Lipinski definition) is 1. The largest absolute Gasteiger partial charge is 0.387 e. The summed E-state index contributed by atoms with van der Waals surface area (Å²) in [6.45, 7) is 8.18. The second kappa shape index (κ2) is 10.5.